The molecule has 0 spiro atoms. The van der Waals surface area contributed by atoms with Crippen LogP contribution in [0.15, 0.2) is 16.5 Å². The SMILES string of the molecule is CCN1CCN(C(=O)c2ccc(Cl)o2)CC1. The minimum atomic E-state index is -0.0670. The smallest absolute Gasteiger partial charge is 0.289 e. The van der Waals surface area contributed by atoms with Gasteiger partial charge in [0.25, 0.3) is 5.91 Å². The molecule has 0 radical (unpaired) electrons. The molecule has 0 aliphatic carbocycles. The van der Waals surface area contributed by atoms with Crippen LogP contribution in [0.4, 0.5) is 0 Å². The highest BCUT2D eigenvalue weighted by Gasteiger charge is 2.23. The third kappa shape index (κ3) is 2.39. The molecule has 1 fully saturated rings. The summed E-state index contributed by atoms with van der Waals surface area (Å²) in [5, 5.41) is 0.260. The molecule has 2 rings (SSSR count). The Morgan fingerprint density at radius 1 is 1.38 bits per heavy atom. The number of likely N-dealkylation sites (N-methyl/N-ethyl adjacent to an activating group) is 1. The zero-order chi connectivity index (χ0) is 11.5. The quantitative estimate of drug-likeness (QED) is 0.792. The number of hydrogen-bond acceptors (Lipinski definition) is 3. The second-order valence-corrected chi connectivity index (χ2v) is 4.20. The maximum atomic E-state index is 12.0. The fraction of sp³-hybridized carbons (Fsp3) is 0.545. The van der Waals surface area contributed by atoms with E-state index in [4.69, 9.17) is 16.0 Å². The number of furan rings is 1. The molecule has 0 atom stereocenters. The number of nitrogens with zero attached hydrogens (tertiary/aromatic N) is 2. The van der Waals surface area contributed by atoms with Crippen molar-refractivity contribution in [3.05, 3.63) is 23.1 Å². The van der Waals surface area contributed by atoms with Gasteiger partial charge >= 0.3 is 0 Å². The highest BCUT2D eigenvalue weighted by atomic mass is 35.5. The van der Waals surface area contributed by atoms with Crippen LogP contribution in [-0.4, -0.2) is 48.4 Å². The number of hydrogen-bond donors (Lipinski definition) is 0. The standard InChI is InChI=1S/C11H15ClN2O2/c1-2-13-5-7-14(8-6-13)11(15)9-3-4-10(12)16-9/h3-4H,2,5-8H2,1H3. The molecule has 16 heavy (non-hydrogen) atoms. The minimum absolute atomic E-state index is 0.0670. The van der Waals surface area contributed by atoms with E-state index in [0.29, 0.717) is 5.76 Å². The normalized spacial score (nSPS) is 17.8. The van der Waals surface area contributed by atoms with Crippen molar-refractivity contribution in [1.82, 2.24) is 9.80 Å². The Bertz CT molecular complexity index is 370. The van der Waals surface area contributed by atoms with E-state index in [1.807, 2.05) is 0 Å². The van der Waals surface area contributed by atoms with Gasteiger partial charge in [0.15, 0.2) is 11.0 Å². The van der Waals surface area contributed by atoms with E-state index in [0.717, 1.165) is 32.7 Å². The molecule has 1 saturated heterocycles. The van der Waals surface area contributed by atoms with Crippen molar-refractivity contribution in [1.29, 1.82) is 0 Å². The summed E-state index contributed by atoms with van der Waals surface area (Å²) in [4.78, 5) is 16.1. The van der Waals surface area contributed by atoms with Crippen LogP contribution in [0.1, 0.15) is 17.5 Å². The van der Waals surface area contributed by atoms with E-state index < -0.39 is 0 Å². The van der Waals surface area contributed by atoms with Gasteiger partial charge in [-0.3, -0.25) is 4.79 Å². The molecule has 0 bridgehead atoms. The third-order valence-corrected chi connectivity index (χ3v) is 3.09. The molecule has 0 saturated carbocycles. The van der Waals surface area contributed by atoms with Crippen molar-refractivity contribution in [3.8, 4) is 0 Å². The molecule has 88 valence electrons. The first-order chi connectivity index (χ1) is 7.70. The van der Waals surface area contributed by atoms with E-state index in [1.54, 1.807) is 17.0 Å². The van der Waals surface area contributed by atoms with Crippen LogP contribution < -0.4 is 0 Å². The van der Waals surface area contributed by atoms with Gasteiger partial charge in [0.05, 0.1) is 0 Å². The fourth-order valence-electron chi connectivity index (χ4n) is 1.85. The van der Waals surface area contributed by atoms with Crippen LogP contribution in [-0.2, 0) is 0 Å². The van der Waals surface area contributed by atoms with Gasteiger partial charge in [-0.2, -0.15) is 0 Å². The summed E-state index contributed by atoms with van der Waals surface area (Å²) in [6.07, 6.45) is 0. The molecule has 1 aliphatic rings. The molecule has 2 heterocycles. The predicted molar refractivity (Wildman–Crippen MR) is 61.7 cm³/mol. The molecule has 0 aromatic carbocycles. The predicted octanol–water partition coefficient (Wildman–Crippen LogP) is 1.71. The maximum absolute atomic E-state index is 12.0. The Morgan fingerprint density at radius 3 is 2.56 bits per heavy atom. The first-order valence-corrected chi connectivity index (χ1v) is 5.85. The second kappa shape index (κ2) is 4.89. The van der Waals surface area contributed by atoms with E-state index in [1.165, 1.54) is 0 Å². The van der Waals surface area contributed by atoms with Crippen LogP contribution in [0.2, 0.25) is 5.22 Å². The van der Waals surface area contributed by atoms with Gasteiger partial charge in [0, 0.05) is 26.2 Å². The van der Waals surface area contributed by atoms with Crippen LogP contribution in [0.25, 0.3) is 0 Å². The fourth-order valence-corrected chi connectivity index (χ4v) is 2.00. The number of carbonyl (C=O) groups is 1. The minimum Gasteiger partial charge on any atom is -0.440 e. The number of rotatable bonds is 2. The Hall–Kier alpha value is -1.00. The zero-order valence-corrected chi connectivity index (χ0v) is 10.0. The molecule has 0 unspecified atom stereocenters. The summed E-state index contributed by atoms with van der Waals surface area (Å²) in [7, 11) is 0. The van der Waals surface area contributed by atoms with Crippen molar-refractivity contribution in [3.63, 3.8) is 0 Å². The summed E-state index contributed by atoms with van der Waals surface area (Å²) in [6, 6.07) is 3.22. The summed E-state index contributed by atoms with van der Waals surface area (Å²) in [5.41, 5.74) is 0. The molecular formula is C11H15ClN2O2. The molecule has 4 nitrogen and oxygen atoms in total. The van der Waals surface area contributed by atoms with Gasteiger partial charge in [0.2, 0.25) is 0 Å². The molecule has 5 heteroatoms. The van der Waals surface area contributed by atoms with Crippen molar-refractivity contribution < 1.29 is 9.21 Å². The lowest BCUT2D eigenvalue weighted by Gasteiger charge is -2.33. The first-order valence-electron chi connectivity index (χ1n) is 5.47. The maximum Gasteiger partial charge on any atom is 0.289 e. The van der Waals surface area contributed by atoms with E-state index in [2.05, 4.69) is 11.8 Å². The zero-order valence-electron chi connectivity index (χ0n) is 9.28. The second-order valence-electron chi connectivity index (χ2n) is 3.83. The molecule has 1 aliphatic heterocycles. The Morgan fingerprint density at radius 2 is 2.06 bits per heavy atom. The summed E-state index contributed by atoms with van der Waals surface area (Å²) >= 11 is 5.64. The van der Waals surface area contributed by atoms with Crippen LogP contribution in [0.3, 0.4) is 0 Å². The van der Waals surface area contributed by atoms with Gasteiger partial charge in [-0.15, -0.1) is 0 Å². The highest BCUT2D eigenvalue weighted by Crippen LogP contribution is 2.15. The van der Waals surface area contributed by atoms with Crippen molar-refractivity contribution in [2.45, 2.75) is 6.92 Å². The molecule has 1 amide bonds. The highest BCUT2D eigenvalue weighted by molar-refractivity contribution is 6.29. The lowest BCUT2D eigenvalue weighted by molar-refractivity contribution is 0.0612. The summed E-state index contributed by atoms with van der Waals surface area (Å²) in [6.45, 7) is 6.53. The Kier molecular flexibility index (Phi) is 3.51. The molecular weight excluding hydrogens is 228 g/mol. The van der Waals surface area contributed by atoms with Crippen molar-refractivity contribution >= 4 is 17.5 Å². The van der Waals surface area contributed by atoms with E-state index in [-0.39, 0.29) is 11.1 Å². The Balaban J connectivity index is 1.96. The molecule has 0 N–H and O–H groups in total. The lowest BCUT2D eigenvalue weighted by atomic mass is 10.3. The van der Waals surface area contributed by atoms with Crippen LogP contribution in [0, 0.1) is 0 Å². The Labute approximate surface area is 99.8 Å². The molecule has 1 aromatic rings. The summed E-state index contributed by atoms with van der Waals surface area (Å²) < 4.78 is 5.11. The van der Waals surface area contributed by atoms with Gasteiger partial charge in [-0.1, -0.05) is 6.92 Å². The van der Waals surface area contributed by atoms with Crippen molar-refractivity contribution in [2.24, 2.45) is 0 Å². The third-order valence-electron chi connectivity index (χ3n) is 2.89. The van der Waals surface area contributed by atoms with Crippen molar-refractivity contribution in [2.75, 3.05) is 32.7 Å². The van der Waals surface area contributed by atoms with Crippen LogP contribution >= 0.6 is 11.6 Å². The number of carbonyl (C=O) groups excluding carboxylic acids is 1. The van der Waals surface area contributed by atoms with Gasteiger partial charge < -0.3 is 14.2 Å². The lowest BCUT2D eigenvalue weighted by Crippen LogP contribution is -2.48. The monoisotopic (exact) mass is 242 g/mol. The topological polar surface area (TPSA) is 36.7 Å². The van der Waals surface area contributed by atoms with Gasteiger partial charge in [-0.05, 0) is 30.3 Å². The first kappa shape index (κ1) is 11.5. The number of halogens is 1. The van der Waals surface area contributed by atoms with Crippen LogP contribution in [0.5, 0.6) is 0 Å². The average Bonchev–Trinajstić information content (AvgIpc) is 2.75. The number of piperazine rings is 1. The average molecular weight is 243 g/mol. The molecule has 1 aromatic heterocycles. The van der Waals surface area contributed by atoms with E-state index >= 15 is 0 Å². The van der Waals surface area contributed by atoms with E-state index in [9.17, 15) is 4.79 Å². The van der Waals surface area contributed by atoms with Gasteiger partial charge in [-0.25, -0.2) is 0 Å². The largest absolute Gasteiger partial charge is 0.440 e. The summed E-state index contributed by atoms with van der Waals surface area (Å²) in [5.74, 6) is 0.262. The van der Waals surface area contributed by atoms with Gasteiger partial charge in [0.1, 0.15) is 0 Å². The number of amides is 1.